The molecule has 1 fully saturated rings. The molecule has 18 heavy (non-hydrogen) atoms. The lowest BCUT2D eigenvalue weighted by Gasteiger charge is -1.93. The van der Waals surface area contributed by atoms with Crippen molar-refractivity contribution in [1.82, 2.24) is 10.2 Å². The van der Waals surface area contributed by atoms with Gasteiger partial charge in [0.25, 0.3) is 0 Å². The fraction of sp³-hybridized carbons (Fsp3) is 0.250. The number of carbonyl (C=O) groups is 1. The highest BCUT2D eigenvalue weighted by Gasteiger charge is 2.27. The van der Waals surface area contributed by atoms with E-state index in [4.69, 9.17) is 4.42 Å². The minimum atomic E-state index is -0.232. The van der Waals surface area contributed by atoms with Crippen LogP contribution in [-0.2, 0) is 4.79 Å². The van der Waals surface area contributed by atoms with Gasteiger partial charge in [0.15, 0.2) is 0 Å². The van der Waals surface area contributed by atoms with Crippen LogP contribution >= 0.6 is 11.3 Å². The van der Waals surface area contributed by atoms with Crippen LogP contribution in [0.2, 0.25) is 0 Å². The van der Waals surface area contributed by atoms with Gasteiger partial charge < -0.3 is 4.42 Å². The van der Waals surface area contributed by atoms with E-state index in [-0.39, 0.29) is 5.91 Å². The first kappa shape index (κ1) is 11.2. The van der Waals surface area contributed by atoms with Crippen molar-refractivity contribution in [3.8, 4) is 0 Å². The van der Waals surface area contributed by atoms with Crippen LogP contribution in [0.3, 0.4) is 0 Å². The van der Waals surface area contributed by atoms with Crippen molar-refractivity contribution in [3.63, 3.8) is 0 Å². The summed E-state index contributed by atoms with van der Waals surface area (Å²) in [5.41, 5.74) is 0. The maximum Gasteiger partial charge on any atom is 0.250 e. The minimum absolute atomic E-state index is 0.232. The Balaban J connectivity index is 1.59. The van der Waals surface area contributed by atoms with Gasteiger partial charge in [-0.1, -0.05) is 11.3 Å². The van der Waals surface area contributed by atoms with Crippen LogP contribution in [0.25, 0.3) is 6.08 Å². The topological polar surface area (TPSA) is 68.0 Å². The summed E-state index contributed by atoms with van der Waals surface area (Å²) in [6.45, 7) is 0. The number of nitrogens with one attached hydrogen (secondary N) is 1. The van der Waals surface area contributed by atoms with Crippen molar-refractivity contribution < 1.29 is 9.21 Å². The van der Waals surface area contributed by atoms with Gasteiger partial charge in [0, 0.05) is 12.0 Å². The predicted molar refractivity (Wildman–Crippen MR) is 68.3 cm³/mol. The number of rotatable bonds is 4. The summed E-state index contributed by atoms with van der Waals surface area (Å²) in [5, 5.41) is 12.2. The van der Waals surface area contributed by atoms with Crippen molar-refractivity contribution in [2.45, 2.75) is 18.8 Å². The lowest BCUT2D eigenvalue weighted by Crippen LogP contribution is -2.07. The van der Waals surface area contributed by atoms with Crippen LogP contribution in [0.1, 0.15) is 29.5 Å². The van der Waals surface area contributed by atoms with Crippen LogP contribution in [0, 0.1) is 0 Å². The van der Waals surface area contributed by atoms with E-state index in [0.29, 0.717) is 16.8 Å². The van der Waals surface area contributed by atoms with Gasteiger partial charge in [-0.3, -0.25) is 10.1 Å². The molecule has 0 aromatic carbocycles. The number of anilines is 1. The monoisotopic (exact) mass is 261 g/mol. The molecule has 1 aliphatic carbocycles. The summed E-state index contributed by atoms with van der Waals surface area (Å²) < 4.78 is 5.09. The van der Waals surface area contributed by atoms with Gasteiger partial charge in [-0.2, -0.15) is 0 Å². The summed E-state index contributed by atoms with van der Waals surface area (Å²) >= 11 is 1.44. The molecule has 5 nitrogen and oxygen atoms in total. The van der Waals surface area contributed by atoms with Gasteiger partial charge in [-0.05, 0) is 31.1 Å². The molecule has 1 N–H and O–H groups in total. The second kappa shape index (κ2) is 4.73. The second-order valence-electron chi connectivity index (χ2n) is 4.06. The molecule has 3 rings (SSSR count). The van der Waals surface area contributed by atoms with Crippen LogP contribution in [0.5, 0.6) is 0 Å². The third-order valence-electron chi connectivity index (χ3n) is 2.54. The first-order chi connectivity index (χ1) is 8.81. The molecule has 0 aliphatic heterocycles. The number of amides is 1. The van der Waals surface area contributed by atoms with Gasteiger partial charge in [0.05, 0.1) is 6.26 Å². The summed E-state index contributed by atoms with van der Waals surface area (Å²) in [6.07, 6.45) is 6.95. The minimum Gasteiger partial charge on any atom is -0.465 e. The Morgan fingerprint density at radius 1 is 1.50 bits per heavy atom. The lowest BCUT2D eigenvalue weighted by molar-refractivity contribution is -0.111. The normalized spacial score (nSPS) is 15.1. The standard InChI is InChI=1S/C12H11N3O2S/c16-10(6-5-9-2-1-7-17-9)13-12-15-14-11(18-12)8-3-4-8/h1-2,5-8H,3-4H2,(H,13,15,16). The summed E-state index contributed by atoms with van der Waals surface area (Å²) in [5.74, 6) is 0.970. The van der Waals surface area contributed by atoms with Crippen LogP contribution in [0.4, 0.5) is 5.13 Å². The first-order valence-corrected chi connectivity index (χ1v) is 6.49. The average molecular weight is 261 g/mol. The maximum absolute atomic E-state index is 11.6. The van der Waals surface area contributed by atoms with Crippen LogP contribution < -0.4 is 5.32 Å². The van der Waals surface area contributed by atoms with Crippen molar-refractivity contribution in [2.75, 3.05) is 5.32 Å². The molecule has 2 aromatic rings. The van der Waals surface area contributed by atoms with E-state index in [2.05, 4.69) is 15.5 Å². The molecule has 0 radical (unpaired) electrons. The van der Waals surface area contributed by atoms with Crippen LogP contribution in [-0.4, -0.2) is 16.1 Å². The number of hydrogen-bond donors (Lipinski definition) is 1. The number of carbonyl (C=O) groups excluding carboxylic acids is 1. The first-order valence-electron chi connectivity index (χ1n) is 5.67. The molecule has 2 heterocycles. The molecule has 2 aromatic heterocycles. The predicted octanol–water partition coefficient (Wildman–Crippen LogP) is 2.66. The highest BCUT2D eigenvalue weighted by atomic mass is 32.1. The Kier molecular flexibility index (Phi) is 2.93. The summed E-state index contributed by atoms with van der Waals surface area (Å²) in [7, 11) is 0. The molecule has 0 unspecified atom stereocenters. The van der Waals surface area contributed by atoms with Crippen molar-refractivity contribution >= 4 is 28.5 Å². The Morgan fingerprint density at radius 2 is 2.39 bits per heavy atom. The molecular weight excluding hydrogens is 250 g/mol. The molecule has 1 saturated carbocycles. The zero-order chi connectivity index (χ0) is 12.4. The zero-order valence-electron chi connectivity index (χ0n) is 9.50. The fourth-order valence-corrected chi connectivity index (χ4v) is 2.39. The average Bonchev–Trinajstić information content (AvgIpc) is 2.90. The molecule has 1 amide bonds. The van der Waals surface area contributed by atoms with Gasteiger partial charge in [-0.15, -0.1) is 10.2 Å². The van der Waals surface area contributed by atoms with Gasteiger partial charge in [0.2, 0.25) is 11.0 Å². The maximum atomic E-state index is 11.6. The third kappa shape index (κ3) is 2.65. The van der Waals surface area contributed by atoms with Crippen molar-refractivity contribution in [2.24, 2.45) is 0 Å². The van der Waals surface area contributed by atoms with E-state index in [1.165, 1.54) is 30.3 Å². The quantitative estimate of drug-likeness (QED) is 0.859. The molecule has 1 aliphatic rings. The summed E-state index contributed by atoms with van der Waals surface area (Å²) in [6, 6.07) is 3.55. The largest absolute Gasteiger partial charge is 0.465 e. The molecular formula is C12H11N3O2S. The number of furan rings is 1. The highest BCUT2D eigenvalue weighted by molar-refractivity contribution is 7.15. The van der Waals surface area contributed by atoms with Gasteiger partial charge in [-0.25, -0.2) is 0 Å². The second-order valence-corrected chi connectivity index (χ2v) is 5.07. The van der Waals surface area contributed by atoms with Gasteiger partial charge >= 0.3 is 0 Å². The lowest BCUT2D eigenvalue weighted by atomic mass is 10.4. The Hall–Kier alpha value is -1.95. The number of hydrogen-bond acceptors (Lipinski definition) is 5. The Labute approximate surface area is 108 Å². The molecule has 0 saturated heterocycles. The van der Waals surface area contributed by atoms with E-state index in [1.807, 2.05) is 0 Å². The van der Waals surface area contributed by atoms with E-state index in [0.717, 1.165) is 5.01 Å². The molecule has 0 bridgehead atoms. The Morgan fingerprint density at radius 3 is 3.11 bits per heavy atom. The van der Waals surface area contributed by atoms with Gasteiger partial charge in [0.1, 0.15) is 10.8 Å². The van der Waals surface area contributed by atoms with E-state index < -0.39 is 0 Å². The smallest absolute Gasteiger partial charge is 0.250 e. The zero-order valence-corrected chi connectivity index (χ0v) is 10.3. The van der Waals surface area contributed by atoms with Crippen molar-refractivity contribution in [1.29, 1.82) is 0 Å². The van der Waals surface area contributed by atoms with E-state index >= 15 is 0 Å². The van der Waals surface area contributed by atoms with Crippen LogP contribution in [0.15, 0.2) is 28.9 Å². The molecule has 0 atom stereocenters. The van der Waals surface area contributed by atoms with Crippen molar-refractivity contribution in [3.05, 3.63) is 35.2 Å². The fourth-order valence-electron chi connectivity index (χ4n) is 1.47. The molecule has 92 valence electrons. The molecule has 6 heteroatoms. The number of nitrogens with zero attached hydrogens (tertiary/aromatic N) is 2. The van der Waals surface area contributed by atoms with E-state index in [9.17, 15) is 4.79 Å². The third-order valence-corrected chi connectivity index (χ3v) is 3.54. The SMILES string of the molecule is O=C(C=Cc1ccco1)Nc1nnc(C2CC2)s1. The summed E-state index contributed by atoms with van der Waals surface area (Å²) in [4.78, 5) is 11.6. The molecule has 0 spiro atoms. The van der Waals surface area contributed by atoms with E-state index in [1.54, 1.807) is 24.5 Å². The Bertz CT molecular complexity index is 570. The number of aromatic nitrogens is 2. The highest BCUT2D eigenvalue weighted by Crippen LogP contribution is 2.41.